The largest absolute Gasteiger partial charge is 0.349 e. The minimum absolute atomic E-state index is 0. The second-order valence-electron chi connectivity index (χ2n) is 11.1. The molecule has 2 aromatic carbocycles. The van der Waals surface area contributed by atoms with Crippen LogP contribution in [0.5, 0.6) is 0 Å². The number of piperidine rings is 1. The number of nitrogens with zero attached hydrogens (tertiary/aromatic N) is 2. The Hall–Kier alpha value is -1.60. The number of halogens is 3. The molecular formula is C30H38BrCl2N3O2. The number of benzene rings is 2. The van der Waals surface area contributed by atoms with Crippen molar-refractivity contribution in [3.05, 3.63) is 69.2 Å². The van der Waals surface area contributed by atoms with E-state index in [-0.39, 0.29) is 35.7 Å². The molecule has 3 aliphatic rings. The van der Waals surface area contributed by atoms with Gasteiger partial charge in [0.2, 0.25) is 11.8 Å². The lowest BCUT2D eigenvalue weighted by Gasteiger charge is -2.38. The first-order valence-corrected chi connectivity index (χ1v) is 14.9. The maximum absolute atomic E-state index is 13.4. The molecule has 1 N–H and O–H groups in total. The van der Waals surface area contributed by atoms with Crippen LogP contribution in [0.1, 0.15) is 68.5 Å². The molecule has 206 valence electrons. The van der Waals surface area contributed by atoms with Crippen molar-refractivity contribution < 1.29 is 9.59 Å². The summed E-state index contributed by atoms with van der Waals surface area (Å²) in [6, 6.07) is 16.0. The second-order valence-corrected chi connectivity index (χ2v) is 12.4. The smallest absolute Gasteiger partial charge is 0.229 e. The second kappa shape index (κ2) is 13.2. The highest BCUT2D eigenvalue weighted by Crippen LogP contribution is 2.42. The fraction of sp³-hybridized carbons (Fsp3) is 0.533. The van der Waals surface area contributed by atoms with Crippen LogP contribution in [-0.2, 0) is 16.1 Å². The van der Waals surface area contributed by atoms with E-state index in [9.17, 15) is 9.59 Å². The van der Waals surface area contributed by atoms with Gasteiger partial charge in [-0.25, -0.2) is 0 Å². The average Bonchev–Trinajstić information content (AvgIpc) is 3.55. The molecule has 1 unspecified atom stereocenters. The van der Waals surface area contributed by atoms with Gasteiger partial charge in [0.25, 0.3) is 0 Å². The highest BCUT2D eigenvalue weighted by Gasteiger charge is 2.47. The van der Waals surface area contributed by atoms with Gasteiger partial charge in [-0.3, -0.25) is 9.59 Å². The number of nitrogens with one attached hydrogen (secondary N) is 1. The monoisotopic (exact) mass is 621 g/mol. The maximum Gasteiger partial charge on any atom is 0.229 e. The summed E-state index contributed by atoms with van der Waals surface area (Å²) in [6.45, 7) is 4.26. The Labute approximate surface area is 246 Å². The van der Waals surface area contributed by atoms with Gasteiger partial charge in [-0.2, -0.15) is 0 Å². The van der Waals surface area contributed by atoms with E-state index in [1.807, 2.05) is 41.3 Å². The third-order valence-corrected chi connectivity index (χ3v) is 9.63. The first kappa shape index (κ1) is 29.4. The maximum atomic E-state index is 13.4. The molecular weight excluding hydrogens is 585 g/mol. The van der Waals surface area contributed by atoms with Gasteiger partial charge in [-0.15, -0.1) is 12.4 Å². The van der Waals surface area contributed by atoms with Crippen molar-refractivity contribution in [1.29, 1.82) is 0 Å². The summed E-state index contributed by atoms with van der Waals surface area (Å²) in [5, 5.41) is 4.04. The summed E-state index contributed by atoms with van der Waals surface area (Å²) < 4.78 is 1.06. The van der Waals surface area contributed by atoms with Crippen LogP contribution < -0.4 is 5.32 Å². The number of rotatable bonds is 8. The molecule has 1 spiro atoms. The van der Waals surface area contributed by atoms with Crippen LogP contribution in [0.3, 0.4) is 0 Å². The van der Waals surface area contributed by atoms with Gasteiger partial charge in [0.1, 0.15) is 0 Å². The number of carbonyl (C=O) groups is 2. The summed E-state index contributed by atoms with van der Waals surface area (Å²) in [4.78, 5) is 30.9. The van der Waals surface area contributed by atoms with E-state index in [0.29, 0.717) is 17.5 Å². The van der Waals surface area contributed by atoms with Crippen molar-refractivity contribution in [1.82, 2.24) is 15.1 Å². The summed E-state index contributed by atoms with van der Waals surface area (Å²) in [6.07, 6.45) is 7.86. The molecule has 2 saturated heterocycles. The molecule has 2 heterocycles. The van der Waals surface area contributed by atoms with Crippen molar-refractivity contribution in [2.45, 2.75) is 64.0 Å². The standard InChI is InChI=1S/C30H37BrClN3O2.ClH/c31-24-11-9-22(10-12-24)21-35-20-16-30(29(35)37)14-18-34(19-15-30)17-13-27(25-7-3-4-8-26(25)32)33-28(36)23-5-1-2-6-23;/h3-4,7-12,23,27H,1-2,5-6,13-21H2,(H,33,36);1H. The van der Waals surface area contributed by atoms with Gasteiger partial charge >= 0.3 is 0 Å². The van der Waals surface area contributed by atoms with Crippen LogP contribution in [0.2, 0.25) is 5.02 Å². The van der Waals surface area contributed by atoms with E-state index >= 15 is 0 Å². The van der Waals surface area contributed by atoms with E-state index in [1.165, 1.54) is 5.56 Å². The predicted molar refractivity (Wildman–Crippen MR) is 158 cm³/mol. The van der Waals surface area contributed by atoms with Crippen molar-refractivity contribution >= 4 is 51.8 Å². The number of amides is 2. The first-order chi connectivity index (χ1) is 17.9. The molecule has 2 aromatic rings. The number of carbonyl (C=O) groups excluding carboxylic acids is 2. The van der Waals surface area contributed by atoms with Crippen molar-refractivity contribution in [3.8, 4) is 0 Å². The Kier molecular flexibility index (Phi) is 10.2. The molecule has 0 aromatic heterocycles. The van der Waals surface area contributed by atoms with Crippen LogP contribution in [0, 0.1) is 11.3 Å². The van der Waals surface area contributed by atoms with Gasteiger partial charge < -0.3 is 15.1 Å². The molecule has 0 bridgehead atoms. The lowest BCUT2D eigenvalue weighted by Crippen LogP contribution is -2.45. The van der Waals surface area contributed by atoms with Crippen molar-refractivity contribution in [2.75, 3.05) is 26.2 Å². The normalized spacial score (nSPS) is 20.5. The highest BCUT2D eigenvalue weighted by atomic mass is 79.9. The zero-order chi connectivity index (χ0) is 25.8. The van der Waals surface area contributed by atoms with Gasteiger partial charge in [-0.1, -0.05) is 70.7 Å². The number of hydrogen-bond acceptors (Lipinski definition) is 3. The molecule has 3 fully saturated rings. The van der Waals surface area contributed by atoms with Gasteiger partial charge in [0.05, 0.1) is 11.5 Å². The van der Waals surface area contributed by atoms with Crippen molar-refractivity contribution in [2.24, 2.45) is 11.3 Å². The number of hydrogen-bond donors (Lipinski definition) is 1. The molecule has 1 atom stereocenters. The topological polar surface area (TPSA) is 52.7 Å². The molecule has 1 aliphatic carbocycles. The molecule has 8 heteroatoms. The minimum Gasteiger partial charge on any atom is -0.349 e. The van der Waals surface area contributed by atoms with E-state index in [0.717, 1.165) is 87.6 Å². The lowest BCUT2D eigenvalue weighted by atomic mass is 9.77. The zero-order valence-electron chi connectivity index (χ0n) is 21.8. The molecule has 5 nitrogen and oxygen atoms in total. The highest BCUT2D eigenvalue weighted by molar-refractivity contribution is 9.10. The number of likely N-dealkylation sites (tertiary alicyclic amines) is 2. The summed E-state index contributed by atoms with van der Waals surface area (Å²) >= 11 is 10.0. The van der Waals surface area contributed by atoms with E-state index < -0.39 is 0 Å². The van der Waals surface area contributed by atoms with E-state index in [1.54, 1.807) is 0 Å². The molecule has 0 radical (unpaired) electrons. The van der Waals surface area contributed by atoms with E-state index in [2.05, 4.69) is 38.3 Å². The van der Waals surface area contributed by atoms with Crippen LogP contribution >= 0.6 is 39.9 Å². The fourth-order valence-corrected chi connectivity index (χ4v) is 6.91. The fourth-order valence-electron chi connectivity index (χ4n) is 6.37. The molecule has 2 amide bonds. The van der Waals surface area contributed by atoms with Crippen LogP contribution in [0.4, 0.5) is 0 Å². The van der Waals surface area contributed by atoms with Crippen LogP contribution in [0.25, 0.3) is 0 Å². The lowest BCUT2D eigenvalue weighted by molar-refractivity contribution is -0.139. The Morgan fingerprint density at radius 1 is 1.03 bits per heavy atom. The predicted octanol–water partition coefficient (Wildman–Crippen LogP) is 6.78. The van der Waals surface area contributed by atoms with E-state index in [4.69, 9.17) is 11.6 Å². The minimum atomic E-state index is -0.204. The van der Waals surface area contributed by atoms with Gasteiger partial charge in [0.15, 0.2) is 0 Å². The Balaban J connectivity index is 0.00000336. The third kappa shape index (κ3) is 6.75. The SMILES string of the molecule is Cl.O=C(NC(CCN1CCC2(CC1)CCN(Cc1ccc(Br)cc1)C2=O)c1ccccc1Cl)C1CCCC1. The average molecular weight is 623 g/mol. The van der Waals surface area contributed by atoms with Gasteiger partial charge in [0, 0.05) is 35.0 Å². The molecule has 38 heavy (non-hydrogen) atoms. The Morgan fingerprint density at radius 3 is 2.37 bits per heavy atom. The third-order valence-electron chi connectivity index (χ3n) is 8.76. The Morgan fingerprint density at radius 2 is 1.68 bits per heavy atom. The zero-order valence-corrected chi connectivity index (χ0v) is 25.0. The molecule has 2 aliphatic heterocycles. The molecule has 5 rings (SSSR count). The summed E-state index contributed by atoms with van der Waals surface area (Å²) in [5.41, 5.74) is 1.97. The quantitative estimate of drug-likeness (QED) is 0.353. The van der Waals surface area contributed by atoms with Crippen LogP contribution in [0.15, 0.2) is 53.0 Å². The Bertz CT molecular complexity index is 1100. The first-order valence-electron chi connectivity index (χ1n) is 13.7. The van der Waals surface area contributed by atoms with Crippen molar-refractivity contribution in [3.63, 3.8) is 0 Å². The molecule has 1 saturated carbocycles. The summed E-state index contributed by atoms with van der Waals surface area (Å²) in [5.74, 6) is 0.629. The van der Waals surface area contributed by atoms with Crippen LogP contribution in [-0.4, -0.2) is 47.8 Å². The summed E-state index contributed by atoms with van der Waals surface area (Å²) in [7, 11) is 0. The van der Waals surface area contributed by atoms with Gasteiger partial charge in [-0.05, 0) is 80.9 Å².